The molecule has 0 radical (unpaired) electrons. The number of carbonyl (C=O) groups excluding carboxylic acids is 1. The van der Waals surface area contributed by atoms with E-state index in [1.165, 1.54) is 11.8 Å². The highest BCUT2D eigenvalue weighted by Crippen LogP contribution is 2.17. The van der Waals surface area contributed by atoms with Gasteiger partial charge in [-0.15, -0.1) is 0 Å². The smallest absolute Gasteiger partial charge is 0.221 e. The van der Waals surface area contributed by atoms with Crippen molar-refractivity contribution in [3.63, 3.8) is 0 Å². The van der Waals surface area contributed by atoms with Gasteiger partial charge in [-0.1, -0.05) is 0 Å². The lowest BCUT2D eigenvalue weighted by Gasteiger charge is -2.20. The summed E-state index contributed by atoms with van der Waals surface area (Å²) < 4.78 is 5.00. The van der Waals surface area contributed by atoms with Crippen LogP contribution in [0.25, 0.3) is 0 Å². The molecule has 0 bridgehead atoms. The van der Waals surface area contributed by atoms with Crippen LogP contribution in [0.1, 0.15) is 13.3 Å². The van der Waals surface area contributed by atoms with Gasteiger partial charge in [0.25, 0.3) is 0 Å². The molecule has 1 fully saturated rings. The van der Waals surface area contributed by atoms with E-state index in [4.69, 9.17) is 4.74 Å². The number of likely N-dealkylation sites (tertiary alicyclic amines) is 1. The van der Waals surface area contributed by atoms with Gasteiger partial charge in [0, 0.05) is 27.0 Å². The quantitative estimate of drug-likeness (QED) is 0.565. The molecule has 11 heavy (non-hydrogen) atoms. The van der Waals surface area contributed by atoms with E-state index in [1.54, 1.807) is 7.11 Å². The van der Waals surface area contributed by atoms with Crippen molar-refractivity contribution in [2.75, 3.05) is 13.7 Å². The van der Waals surface area contributed by atoms with Gasteiger partial charge < -0.3 is 14.7 Å². The zero-order valence-electron chi connectivity index (χ0n) is 6.78. The largest absolute Gasteiger partial charge is 0.391 e. The lowest BCUT2D eigenvalue weighted by atomic mass is 10.3. The molecule has 2 atom stereocenters. The number of rotatable bonds is 1. The predicted molar refractivity (Wildman–Crippen MR) is 38.8 cm³/mol. The summed E-state index contributed by atoms with van der Waals surface area (Å²) in [5, 5.41) is 9.18. The van der Waals surface area contributed by atoms with Crippen LogP contribution in [0.2, 0.25) is 0 Å². The zero-order valence-corrected chi connectivity index (χ0v) is 6.78. The minimum atomic E-state index is -0.427. The Morgan fingerprint density at radius 2 is 2.36 bits per heavy atom. The molecule has 2 unspecified atom stereocenters. The monoisotopic (exact) mass is 159 g/mol. The Bertz CT molecular complexity index is 160. The van der Waals surface area contributed by atoms with Gasteiger partial charge in [0.15, 0.2) is 0 Å². The molecule has 1 aliphatic rings. The second kappa shape index (κ2) is 3.19. The molecule has 0 spiro atoms. The standard InChI is InChI=1S/C7H13NO3/c1-5(9)8-4-6(10)3-7(8)11-2/h6-7,10H,3-4H2,1-2H3. The number of methoxy groups -OCH3 is 1. The number of nitrogens with zero attached hydrogens (tertiary/aromatic N) is 1. The minimum absolute atomic E-state index is 0.0478. The van der Waals surface area contributed by atoms with E-state index in [0.717, 1.165) is 0 Å². The first kappa shape index (κ1) is 8.49. The van der Waals surface area contributed by atoms with Crippen molar-refractivity contribution in [2.24, 2.45) is 0 Å². The van der Waals surface area contributed by atoms with Crippen molar-refractivity contribution >= 4 is 5.91 Å². The average Bonchev–Trinajstić information content (AvgIpc) is 2.30. The van der Waals surface area contributed by atoms with Crippen LogP contribution in [-0.4, -0.2) is 41.9 Å². The Morgan fingerprint density at radius 1 is 1.73 bits per heavy atom. The molecule has 1 heterocycles. The molecule has 0 aromatic rings. The molecule has 0 aliphatic carbocycles. The van der Waals surface area contributed by atoms with Gasteiger partial charge in [0.05, 0.1) is 6.10 Å². The van der Waals surface area contributed by atoms with Crippen molar-refractivity contribution < 1.29 is 14.6 Å². The second-order valence-electron chi connectivity index (χ2n) is 2.75. The number of β-amino-alcohol motifs (C(OH)–C–C–N with tert-alkyl or cyclic N) is 1. The maximum Gasteiger partial charge on any atom is 0.221 e. The molecule has 1 amide bonds. The highest BCUT2D eigenvalue weighted by atomic mass is 16.5. The fraction of sp³-hybridized carbons (Fsp3) is 0.857. The van der Waals surface area contributed by atoms with Gasteiger partial charge in [0.2, 0.25) is 5.91 Å². The summed E-state index contributed by atoms with van der Waals surface area (Å²) in [6.45, 7) is 1.87. The summed E-state index contributed by atoms with van der Waals surface area (Å²) in [5.74, 6) is -0.0478. The molecule has 1 rings (SSSR count). The number of hydrogen-bond donors (Lipinski definition) is 1. The van der Waals surface area contributed by atoms with Crippen molar-refractivity contribution in [3.8, 4) is 0 Å². The Labute approximate surface area is 65.8 Å². The average molecular weight is 159 g/mol. The Balaban J connectivity index is 2.57. The maximum atomic E-state index is 10.9. The van der Waals surface area contributed by atoms with Crippen LogP contribution in [0.4, 0.5) is 0 Å². The van der Waals surface area contributed by atoms with Gasteiger partial charge in [0.1, 0.15) is 6.23 Å². The van der Waals surface area contributed by atoms with Crippen LogP contribution >= 0.6 is 0 Å². The lowest BCUT2D eigenvalue weighted by Crippen LogP contribution is -2.35. The zero-order chi connectivity index (χ0) is 8.43. The van der Waals surface area contributed by atoms with Crippen molar-refractivity contribution in [1.82, 2.24) is 4.90 Å². The lowest BCUT2D eigenvalue weighted by molar-refractivity contribution is -0.137. The Morgan fingerprint density at radius 3 is 2.73 bits per heavy atom. The SMILES string of the molecule is COC1CC(O)CN1C(C)=O. The van der Waals surface area contributed by atoms with Crippen LogP contribution in [0.5, 0.6) is 0 Å². The van der Waals surface area contributed by atoms with Crippen LogP contribution in [0.3, 0.4) is 0 Å². The number of aliphatic hydroxyl groups is 1. The van der Waals surface area contributed by atoms with Gasteiger partial charge in [-0.05, 0) is 0 Å². The van der Waals surface area contributed by atoms with E-state index >= 15 is 0 Å². The van der Waals surface area contributed by atoms with Crippen LogP contribution in [0.15, 0.2) is 0 Å². The molecule has 1 N–H and O–H groups in total. The first-order valence-electron chi connectivity index (χ1n) is 3.63. The highest BCUT2D eigenvalue weighted by molar-refractivity contribution is 5.73. The fourth-order valence-corrected chi connectivity index (χ4v) is 1.33. The van der Waals surface area contributed by atoms with Crippen LogP contribution in [-0.2, 0) is 9.53 Å². The first-order chi connectivity index (χ1) is 5.15. The van der Waals surface area contributed by atoms with E-state index < -0.39 is 6.10 Å². The van der Waals surface area contributed by atoms with Gasteiger partial charge in [-0.2, -0.15) is 0 Å². The molecule has 64 valence electrons. The molecule has 4 nitrogen and oxygen atoms in total. The topological polar surface area (TPSA) is 49.8 Å². The van der Waals surface area contributed by atoms with E-state index in [1.807, 2.05) is 0 Å². The first-order valence-corrected chi connectivity index (χ1v) is 3.63. The van der Waals surface area contributed by atoms with Crippen LogP contribution in [0, 0.1) is 0 Å². The molecule has 0 saturated carbocycles. The van der Waals surface area contributed by atoms with Gasteiger partial charge >= 0.3 is 0 Å². The van der Waals surface area contributed by atoms with Gasteiger partial charge in [-0.25, -0.2) is 0 Å². The number of aliphatic hydroxyl groups excluding tert-OH is 1. The molecule has 0 aromatic heterocycles. The van der Waals surface area contributed by atoms with Crippen LogP contribution < -0.4 is 0 Å². The molecule has 0 aromatic carbocycles. The van der Waals surface area contributed by atoms with E-state index in [9.17, 15) is 9.90 Å². The molecule has 4 heteroatoms. The number of carbonyl (C=O) groups is 1. The summed E-state index contributed by atoms with van der Waals surface area (Å²) in [6, 6.07) is 0. The normalized spacial score (nSPS) is 31.0. The molecule has 1 saturated heterocycles. The third kappa shape index (κ3) is 1.70. The third-order valence-corrected chi connectivity index (χ3v) is 1.91. The minimum Gasteiger partial charge on any atom is -0.391 e. The van der Waals surface area contributed by atoms with E-state index in [0.29, 0.717) is 13.0 Å². The summed E-state index contributed by atoms with van der Waals surface area (Å²) >= 11 is 0. The third-order valence-electron chi connectivity index (χ3n) is 1.91. The molecular weight excluding hydrogens is 146 g/mol. The molecule has 1 aliphatic heterocycles. The highest BCUT2D eigenvalue weighted by Gasteiger charge is 2.32. The van der Waals surface area contributed by atoms with Crippen molar-refractivity contribution in [2.45, 2.75) is 25.7 Å². The summed E-state index contributed by atoms with van der Waals surface area (Å²) in [7, 11) is 1.54. The number of amides is 1. The van der Waals surface area contributed by atoms with Crippen molar-refractivity contribution in [1.29, 1.82) is 0 Å². The fourth-order valence-electron chi connectivity index (χ4n) is 1.33. The van der Waals surface area contributed by atoms with Crippen molar-refractivity contribution in [3.05, 3.63) is 0 Å². The Hall–Kier alpha value is -0.610. The number of hydrogen-bond acceptors (Lipinski definition) is 3. The van der Waals surface area contributed by atoms with Gasteiger partial charge in [-0.3, -0.25) is 4.79 Å². The van der Waals surface area contributed by atoms with E-state index in [-0.39, 0.29) is 12.1 Å². The number of ether oxygens (including phenoxy) is 1. The summed E-state index contributed by atoms with van der Waals surface area (Å²) in [4.78, 5) is 12.4. The second-order valence-corrected chi connectivity index (χ2v) is 2.75. The molecular formula is C7H13NO3. The maximum absolute atomic E-state index is 10.9. The predicted octanol–water partition coefficient (Wildman–Crippen LogP) is -0.428. The Kier molecular flexibility index (Phi) is 2.46. The summed E-state index contributed by atoms with van der Waals surface area (Å²) in [6.07, 6.45) is -0.137. The van der Waals surface area contributed by atoms with E-state index in [2.05, 4.69) is 0 Å². The summed E-state index contributed by atoms with van der Waals surface area (Å²) in [5.41, 5.74) is 0.